The van der Waals surface area contributed by atoms with Crippen molar-refractivity contribution in [3.05, 3.63) is 57.3 Å². The van der Waals surface area contributed by atoms with E-state index in [1.54, 1.807) is 12.4 Å². The Morgan fingerprint density at radius 3 is 2.85 bits per heavy atom. The van der Waals surface area contributed by atoms with E-state index in [0.29, 0.717) is 17.4 Å². The third-order valence-corrected chi connectivity index (χ3v) is 3.64. The fourth-order valence-electron chi connectivity index (χ4n) is 1.94. The number of hydrogen-bond donors (Lipinski definition) is 2. The van der Waals surface area contributed by atoms with Gasteiger partial charge in [0.1, 0.15) is 5.75 Å². The molecule has 0 aliphatic heterocycles. The van der Waals surface area contributed by atoms with Crippen LogP contribution in [0.1, 0.15) is 24.1 Å². The molecule has 20 heavy (non-hydrogen) atoms. The van der Waals surface area contributed by atoms with E-state index in [-0.39, 0.29) is 6.04 Å². The molecule has 0 bridgehead atoms. The number of ether oxygens (including phenoxy) is 1. The van der Waals surface area contributed by atoms with Crippen LogP contribution in [0, 0.1) is 0 Å². The molecule has 0 aliphatic rings. The summed E-state index contributed by atoms with van der Waals surface area (Å²) in [5.74, 6) is 6.39. The van der Waals surface area contributed by atoms with Crippen molar-refractivity contribution in [1.29, 1.82) is 0 Å². The minimum Gasteiger partial charge on any atom is -0.492 e. The summed E-state index contributed by atoms with van der Waals surface area (Å²) in [5, 5.41) is 0.629. The molecule has 1 atom stereocenters. The standard InChI is InChI=1S/C14H15BrClN3O/c1-2-20-11-5-9(7-18-8-11)14(19-17)12-4-3-10(15)6-13(12)16/h3-8,14,19H,2,17H2,1H3. The predicted molar refractivity (Wildman–Crippen MR) is 83.7 cm³/mol. The molecule has 0 fully saturated rings. The Hall–Kier alpha value is -1.14. The average Bonchev–Trinajstić information content (AvgIpc) is 2.43. The summed E-state index contributed by atoms with van der Waals surface area (Å²) in [7, 11) is 0. The van der Waals surface area contributed by atoms with E-state index in [1.165, 1.54) is 0 Å². The minimum atomic E-state index is -0.247. The summed E-state index contributed by atoms with van der Waals surface area (Å²) in [4.78, 5) is 4.17. The van der Waals surface area contributed by atoms with Crippen molar-refractivity contribution in [3.8, 4) is 5.75 Å². The Morgan fingerprint density at radius 1 is 1.40 bits per heavy atom. The monoisotopic (exact) mass is 355 g/mol. The van der Waals surface area contributed by atoms with Crippen LogP contribution in [-0.4, -0.2) is 11.6 Å². The van der Waals surface area contributed by atoms with Gasteiger partial charge in [0.15, 0.2) is 0 Å². The summed E-state index contributed by atoms with van der Waals surface area (Å²) in [6.07, 6.45) is 3.41. The number of nitrogens with two attached hydrogens (primary N) is 1. The molecule has 6 heteroatoms. The maximum Gasteiger partial charge on any atom is 0.137 e. The second kappa shape index (κ2) is 7.04. The summed E-state index contributed by atoms with van der Waals surface area (Å²) < 4.78 is 6.37. The van der Waals surface area contributed by atoms with Gasteiger partial charge in [-0.05, 0) is 36.2 Å². The molecule has 1 unspecified atom stereocenters. The lowest BCUT2D eigenvalue weighted by atomic mass is 10.0. The van der Waals surface area contributed by atoms with E-state index in [0.717, 1.165) is 15.6 Å². The Balaban J connectivity index is 2.38. The third kappa shape index (κ3) is 3.49. The molecule has 0 aliphatic carbocycles. The molecule has 4 nitrogen and oxygen atoms in total. The number of aromatic nitrogens is 1. The topological polar surface area (TPSA) is 60.2 Å². The largest absolute Gasteiger partial charge is 0.492 e. The van der Waals surface area contributed by atoms with E-state index in [1.807, 2.05) is 31.2 Å². The van der Waals surface area contributed by atoms with Gasteiger partial charge in [0.05, 0.1) is 18.8 Å². The molecule has 0 radical (unpaired) electrons. The van der Waals surface area contributed by atoms with Crippen molar-refractivity contribution in [1.82, 2.24) is 10.4 Å². The first kappa shape index (κ1) is 15.3. The van der Waals surface area contributed by atoms with Gasteiger partial charge in [0.25, 0.3) is 0 Å². The quantitative estimate of drug-likeness (QED) is 0.636. The molecule has 0 saturated heterocycles. The van der Waals surface area contributed by atoms with Crippen molar-refractivity contribution in [2.45, 2.75) is 13.0 Å². The van der Waals surface area contributed by atoms with E-state index < -0.39 is 0 Å². The van der Waals surface area contributed by atoms with Crippen LogP contribution in [0.25, 0.3) is 0 Å². The Bertz CT molecular complexity index is 594. The third-order valence-electron chi connectivity index (χ3n) is 2.82. The Morgan fingerprint density at radius 2 is 2.20 bits per heavy atom. The van der Waals surface area contributed by atoms with Gasteiger partial charge < -0.3 is 4.74 Å². The molecule has 1 aromatic heterocycles. The summed E-state index contributed by atoms with van der Waals surface area (Å²) in [6, 6.07) is 7.33. The Kier molecular flexibility index (Phi) is 5.37. The molecule has 3 N–H and O–H groups in total. The first-order chi connectivity index (χ1) is 9.65. The fraction of sp³-hybridized carbons (Fsp3) is 0.214. The number of halogens is 2. The van der Waals surface area contributed by atoms with Crippen LogP contribution in [0.15, 0.2) is 41.1 Å². The van der Waals surface area contributed by atoms with Gasteiger partial charge in [-0.15, -0.1) is 0 Å². The highest BCUT2D eigenvalue weighted by molar-refractivity contribution is 9.10. The first-order valence-corrected chi connectivity index (χ1v) is 7.31. The number of nitrogens with one attached hydrogen (secondary N) is 1. The predicted octanol–water partition coefficient (Wildman–Crippen LogP) is 3.45. The zero-order valence-electron chi connectivity index (χ0n) is 10.9. The molecule has 1 aromatic carbocycles. The molecule has 0 saturated carbocycles. The van der Waals surface area contributed by atoms with E-state index in [4.69, 9.17) is 22.2 Å². The second-order valence-electron chi connectivity index (χ2n) is 4.15. The van der Waals surface area contributed by atoms with Gasteiger partial charge in [-0.3, -0.25) is 10.8 Å². The zero-order chi connectivity index (χ0) is 14.5. The van der Waals surface area contributed by atoms with Crippen LogP contribution in [0.5, 0.6) is 5.75 Å². The lowest BCUT2D eigenvalue weighted by molar-refractivity contribution is 0.338. The summed E-state index contributed by atoms with van der Waals surface area (Å²) >= 11 is 9.66. The zero-order valence-corrected chi connectivity index (χ0v) is 13.3. The number of pyridine rings is 1. The van der Waals surface area contributed by atoms with Crippen LogP contribution in [0.2, 0.25) is 5.02 Å². The average molecular weight is 357 g/mol. The van der Waals surface area contributed by atoms with Gasteiger partial charge in [-0.1, -0.05) is 33.6 Å². The highest BCUT2D eigenvalue weighted by atomic mass is 79.9. The highest BCUT2D eigenvalue weighted by Gasteiger charge is 2.16. The Labute approximate surface area is 131 Å². The number of nitrogens with zero attached hydrogens (tertiary/aromatic N) is 1. The van der Waals surface area contributed by atoms with Crippen molar-refractivity contribution in [3.63, 3.8) is 0 Å². The molecular weight excluding hydrogens is 342 g/mol. The van der Waals surface area contributed by atoms with Crippen LogP contribution in [0.4, 0.5) is 0 Å². The number of hydrazine groups is 1. The molecule has 2 aromatic rings. The van der Waals surface area contributed by atoms with Crippen molar-refractivity contribution in [2.75, 3.05) is 6.61 Å². The van der Waals surface area contributed by atoms with Gasteiger partial charge in [-0.25, -0.2) is 5.43 Å². The van der Waals surface area contributed by atoms with Gasteiger partial charge >= 0.3 is 0 Å². The van der Waals surface area contributed by atoms with Crippen molar-refractivity contribution >= 4 is 27.5 Å². The normalized spacial score (nSPS) is 12.2. The maximum absolute atomic E-state index is 6.28. The molecule has 0 spiro atoms. The summed E-state index contributed by atoms with van der Waals surface area (Å²) in [6.45, 7) is 2.52. The van der Waals surface area contributed by atoms with Gasteiger partial charge in [-0.2, -0.15) is 0 Å². The first-order valence-electron chi connectivity index (χ1n) is 6.14. The molecule has 1 heterocycles. The molecule has 0 amide bonds. The second-order valence-corrected chi connectivity index (χ2v) is 5.48. The SMILES string of the molecule is CCOc1cncc(C(NN)c2ccc(Br)cc2Cl)c1. The lowest BCUT2D eigenvalue weighted by Crippen LogP contribution is -2.29. The smallest absolute Gasteiger partial charge is 0.137 e. The summed E-state index contributed by atoms with van der Waals surface area (Å²) in [5.41, 5.74) is 4.54. The van der Waals surface area contributed by atoms with Gasteiger partial charge in [0, 0.05) is 15.7 Å². The molecule has 106 valence electrons. The fourth-order valence-corrected chi connectivity index (χ4v) is 2.72. The van der Waals surface area contributed by atoms with Gasteiger partial charge in [0.2, 0.25) is 0 Å². The number of rotatable bonds is 5. The number of hydrogen-bond acceptors (Lipinski definition) is 4. The minimum absolute atomic E-state index is 0.247. The van der Waals surface area contributed by atoms with E-state index >= 15 is 0 Å². The maximum atomic E-state index is 6.28. The van der Waals surface area contributed by atoms with Crippen molar-refractivity contribution in [2.24, 2.45) is 5.84 Å². The van der Waals surface area contributed by atoms with Crippen LogP contribution >= 0.6 is 27.5 Å². The van der Waals surface area contributed by atoms with E-state index in [9.17, 15) is 0 Å². The highest BCUT2D eigenvalue weighted by Crippen LogP contribution is 2.31. The molecular formula is C14H15BrClN3O. The lowest BCUT2D eigenvalue weighted by Gasteiger charge is -2.18. The van der Waals surface area contributed by atoms with Crippen LogP contribution in [-0.2, 0) is 0 Å². The van der Waals surface area contributed by atoms with Crippen molar-refractivity contribution < 1.29 is 4.74 Å². The van der Waals surface area contributed by atoms with E-state index in [2.05, 4.69) is 26.3 Å². The molecule has 2 rings (SSSR count). The van der Waals surface area contributed by atoms with Crippen LogP contribution in [0.3, 0.4) is 0 Å². The van der Waals surface area contributed by atoms with Crippen LogP contribution < -0.4 is 16.0 Å². The number of benzene rings is 1.